The minimum Gasteiger partial charge on any atom is -0.387 e. The molecule has 2 aliphatic rings. The van der Waals surface area contributed by atoms with E-state index >= 15 is 0 Å². The molecule has 0 heterocycles. The quantitative estimate of drug-likeness (QED) is 0.0926. The van der Waals surface area contributed by atoms with E-state index in [2.05, 4.69) is 34.8 Å². The van der Waals surface area contributed by atoms with Crippen LogP contribution in [0.4, 0.5) is 0 Å². The molecule has 0 saturated carbocycles. The largest absolute Gasteiger partial charge is 0.387 e. The molecule has 0 saturated heterocycles. The fourth-order valence-electron chi connectivity index (χ4n) is 5.40. The second-order valence-corrected chi connectivity index (χ2v) is 15.2. The molecule has 0 aromatic rings. The van der Waals surface area contributed by atoms with Crippen LogP contribution in [0.5, 0.6) is 0 Å². The van der Waals surface area contributed by atoms with Crippen LogP contribution in [0.2, 0.25) is 0 Å². The normalized spacial score (nSPS) is 19.1. The van der Waals surface area contributed by atoms with Gasteiger partial charge in [0.25, 0.3) is 5.70 Å². The molecule has 0 amide bonds. The maximum absolute atomic E-state index is 9.92. The van der Waals surface area contributed by atoms with E-state index < -0.39 is 0 Å². The van der Waals surface area contributed by atoms with Gasteiger partial charge in [0, 0.05) is 52.2 Å². The molecule has 44 heavy (non-hydrogen) atoms. The van der Waals surface area contributed by atoms with E-state index in [4.69, 9.17) is 6.57 Å². The van der Waals surface area contributed by atoms with Crippen LogP contribution in [0.15, 0.2) is 44.8 Å². The maximum Gasteiger partial charge on any atom is 0.266 e. The summed E-state index contributed by atoms with van der Waals surface area (Å²) in [6, 6.07) is 10.6. The van der Waals surface area contributed by atoms with Crippen molar-refractivity contribution in [1.29, 1.82) is 26.3 Å². The SMILES string of the molecule is [C-]#[N+]/C(C#N)=C1\CC(SCCSC)CC(NCCCCCCCC2=C(C#N)C(=C(C#N)C#N)CC(SCCSC)C2)=C1C#N. The molecule has 0 aliphatic heterocycles. The Labute approximate surface area is 280 Å². The molecule has 230 valence electrons. The van der Waals surface area contributed by atoms with Gasteiger partial charge in [0.1, 0.15) is 17.7 Å². The van der Waals surface area contributed by atoms with Gasteiger partial charge in [-0.2, -0.15) is 68.1 Å². The van der Waals surface area contributed by atoms with E-state index in [1.54, 1.807) is 23.5 Å². The van der Waals surface area contributed by atoms with Crippen LogP contribution in [0.1, 0.15) is 64.2 Å². The molecule has 7 nitrogen and oxygen atoms in total. The molecule has 0 radical (unpaired) electrons. The first-order chi connectivity index (χ1) is 21.5. The van der Waals surface area contributed by atoms with Gasteiger partial charge in [-0.05, 0) is 62.2 Å². The first-order valence-corrected chi connectivity index (χ1v) is 19.6. The van der Waals surface area contributed by atoms with Crippen molar-refractivity contribution in [1.82, 2.24) is 5.32 Å². The summed E-state index contributed by atoms with van der Waals surface area (Å²) in [5, 5.41) is 52.3. The van der Waals surface area contributed by atoms with Crippen molar-refractivity contribution in [2.24, 2.45) is 0 Å². The topological polar surface area (TPSA) is 135 Å². The molecule has 2 aliphatic carbocycles. The summed E-state index contributed by atoms with van der Waals surface area (Å²) in [5.74, 6) is 4.10. The summed E-state index contributed by atoms with van der Waals surface area (Å²) < 4.78 is 0. The van der Waals surface area contributed by atoms with E-state index in [1.165, 1.54) is 0 Å². The monoisotopic (exact) mass is 661 g/mol. The molecule has 1 N–H and O–H groups in total. The van der Waals surface area contributed by atoms with E-state index in [-0.39, 0.29) is 21.8 Å². The number of rotatable bonds is 17. The predicted octanol–water partition coefficient (Wildman–Crippen LogP) is 8.07. The van der Waals surface area contributed by atoms with Crippen LogP contribution < -0.4 is 5.32 Å². The first kappa shape index (κ1) is 37.3. The third kappa shape index (κ3) is 11.6. The molecule has 0 bridgehead atoms. The number of hydrogen-bond donors (Lipinski definition) is 1. The zero-order valence-electron chi connectivity index (χ0n) is 25.6. The van der Waals surface area contributed by atoms with Gasteiger partial charge < -0.3 is 5.32 Å². The van der Waals surface area contributed by atoms with Crippen molar-refractivity contribution in [3.05, 3.63) is 56.2 Å². The van der Waals surface area contributed by atoms with E-state index in [1.807, 2.05) is 41.7 Å². The van der Waals surface area contributed by atoms with Crippen LogP contribution in [0, 0.1) is 63.2 Å². The third-order valence-electron chi connectivity index (χ3n) is 7.56. The highest BCUT2D eigenvalue weighted by Crippen LogP contribution is 2.40. The lowest BCUT2D eigenvalue weighted by Crippen LogP contribution is -2.25. The lowest BCUT2D eigenvalue weighted by atomic mass is 9.83. The highest BCUT2D eigenvalue weighted by molar-refractivity contribution is 8.03. The van der Waals surface area contributed by atoms with Gasteiger partial charge in [0.15, 0.2) is 0 Å². The van der Waals surface area contributed by atoms with Crippen LogP contribution in [-0.4, -0.2) is 52.6 Å². The zero-order chi connectivity index (χ0) is 32.2. The molecule has 2 rings (SSSR count). The highest BCUT2D eigenvalue weighted by Gasteiger charge is 2.29. The standard InChI is InChI=1S/C33H39N7S4/c1-39-33(23-38)29-17-27(44-14-12-42-3)18-32(31(29)22-37)40-10-8-6-4-5-7-9-24-15-26(43-13-11-41-2)16-28(30(24)21-36)25(19-34)20-35/h26-27,40H,4-18H2,2-3H3/b33-29+. The average molecular weight is 662 g/mol. The van der Waals surface area contributed by atoms with Gasteiger partial charge in [-0.25, -0.2) is 10.1 Å². The van der Waals surface area contributed by atoms with Crippen LogP contribution in [-0.2, 0) is 0 Å². The van der Waals surface area contributed by atoms with Crippen molar-refractivity contribution in [2.45, 2.75) is 74.7 Å². The van der Waals surface area contributed by atoms with Crippen molar-refractivity contribution >= 4 is 47.0 Å². The summed E-state index contributed by atoms with van der Waals surface area (Å²) in [5.41, 5.74) is 4.24. The molecule has 0 aromatic carbocycles. The van der Waals surface area contributed by atoms with Crippen molar-refractivity contribution in [2.75, 3.05) is 42.1 Å². The Kier molecular flexibility index (Phi) is 18.4. The zero-order valence-corrected chi connectivity index (χ0v) is 28.8. The average Bonchev–Trinajstić information content (AvgIpc) is 3.03. The van der Waals surface area contributed by atoms with Gasteiger partial charge >= 0.3 is 0 Å². The Morgan fingerprint density at radius 1 is 0.750 bits per heavy atom. The van der Waals surface area contributed by atoms with Gasteiger partial charge in [0.05, 0.1) is 35.9 Å². The van der Waals surface area contributed by atoms with Gasteiger partial charge in [-0.1, -0.05) is 24.8 Å². The van der Waals surface area contributed by atoms with Crippen molar-refractivity contribution < 1.29 is 0 Å². The van der Waals surface area contributed by atoms with E-state index in [0.29, 0.717) is 35.1 Å². The van der Waals surface area contributed by atoms with Crippen molar-refractivity contribution in [3.63, 3.8) is 0 Å². The minimum absolute atomic E-state index is 0.0209. The van der Waals surface area contributed by atoms with Gasteiger partial charge in [0.2, 0.25) is 0 Å². The lowest BCUT2D eigenvalue weighted by molar-refractivity contribution is 0.580. The van der Waals surface area contributed by atoms with E-state index in [9.17, 15) is 26.3 Å². The Morgan fingerprint density at radius 3 is 1.91 bits per heavy atom. The Hall–Kier alpha value is -2.90. The molecule has 2 atom stereocenters. The number of nitrogens with zero attached hydrogens (tertiary/aromatic N) is 6. The fourth-order valence-corrected chi connectivity index (χ4v) is 9.34. The maximum atomic E-state index is 9.92. The Morgan fingerprint density at radius 2 is 1.34 bits per heavy atom. The van der Waals surface area contributed by atoms with Gasteiger partial charge in [-0.3, -0.25) is 0 Å². The molecular weight excluding hydrogens is 623 g/mol. The summed E-state index contributed by atoms with van der Waals surface area (Å²) >= 11 is 7.31. The van der Waals surface area contributed by atoms with Crippen LogP contribution >= 0.6 is 47.0 Å². The molecule has 2 unspecified atom stereocenters. The number of hydrogen-bond acceptors (Lipinski definition) is 10. The number of allylic oxidation sites excluding steroid dienone is 8. The number of nitriles is 5. The number of thioether (sulfide) groups is 4. The minimum atomic E-state index is 0.0209. The molecule has 11 heteroatoms. The number of unbranched alkanes of at least 4 members (excludes halogenated alkanes) is 4. The molecule has 0 spiro atoms. The molecule has 0 fully saturated rings. The summed E-state index contributed by atoms with van der Waals surface area (Å²) in [6.07, 6.45) is 12.7. The number of nitrogens with one attached hydrogen (secondary N) is 1. The predicted molar refractivity (Wildman–Crippen MR) is 186 cm³/mol. The summed E-state index contributed by atoms with van der Waals surface area (Å²) in [7, 11) is 0. The Bertz CT molecular complexity index is 1250. The third-order valence-corrected chi connectivity index (χ3v) is 11.8. The smallest absolute Gasteiger partial charge is 0.266 e. The summed E-state index contributed by atoms with van der Waals surface area (Å²) in [6.45, 7) is 8.15. The van der Waals surface area contributed by atoms with Crippen LogP contribution in [0.3, 0.4) is 0 Å². The van der Waals surface area contributed by atoms with Crippen molar-refractivity contribution in [3.8, 4) is 30.3 Å². The fraction of sp³-hybridized carbons (Fsp3) is 0.576. The molecular formula is C33H39N7S4. The van der Waals surface area contributed by atoms with Gasteiger partial charge in [-0.15, -0.1) is 0 Å². The van der Waals surface area contributed by atoms with Crippen LogP contribution in [0.25, 0.3) is 4.85 Å². The lowest BCUT2D eigenvalue weighted by Gasteiger charge is -2.27. The first-order valence-electron chi connectivity index (χ1n) is 14.8. The molecule has 0 aromatic heterocycles. The Balaban J connectivity index is 1.94. The summed E-state index contributed by atoms with van der Waals surface area (Å²) in [4.78, 5) is 3.41. The highest BCUT2D eigenvalue weighted by atomic mass is 32.2. The van der Waals surface area contributed by atoms with E-state index in [0.717, 1.165) is 92.2 Å². The second-order valence-electron chi connectivity index (χ2n) is 10.4. The second kappa shape index (κ2) is 21.7.